The van der Waals surface area contributed by atoms with Crippen LogP contribution in [0.2, 0.25) is 0 Å². The van der Waals surface area contributed by atoms with Crippen LogP contribution < -0.4 is 5.32 Å². The summed E-state index contributed by atoms with van der Waals surface area (Å²) in [5.41, 5.74) is 4.98. The lowest BCUT2D eigenvalue weighted by Crippen LogP contribution is -2.14. The van der Waals surface area contributed by atoms with Gasteiger partial charge in [-0.1, -0.05) is 24.3 Å². The highest BCUT2D eigenvalue weighted by Crippen LogP contribution is 2.14. The summed E-state index contributed by atoms with van der Waals surface area (Å²) < 4.78 is 3.34. The van der Waals surface area contributed by atoms with Gasteiger partial charge in [-0.25, -0.2) is 19.2 Å². The molecule has 136 valence electrons. The molecule has 3 aromatic heterocycles. The maximum Gasteiger partial charge on any atom is 0.263 e. The molecule has 0 saturated heterocycles. The molecule has 1 aromatic carbocycles. The van der Waals surface area contributed by atoms with Crippen molar-refractivity contribution in [3.05, 3.63) is 70.9 Å². The van der Waals surface area contributed by atoms with Gasteiger partial charge in [-0.05, 0) is 38.0 Å². The zero-order chi connectivity index (χ0) is 19.0. The van der Waals surface area contributed by atoms with E-state index >= 15 is 0 Å². The lowest BCUT2D eigenvalue weighted by atomic mass is 10.1. The van der Waals surface area contributed by atoms with Crippen molar-refractivity contribution in [1.82, 2.24) is 29.4 Å². The van der Waals surface area contributed by atoms with E-state index in [0.717, 1.165) is 17.0 Å². The summed E-state index contributed by atoms with van der Waals surface area (Å²) in [5.74, 6) is -0.0894. The lowest BCUT2D eigenvalue weighted by Gasteiger charge is -2.04. The molecular weight excluding hydrogens is 342 g/mol. The van der Waals surface area contributed by atoms with Crippen molar-refractivity contribution in [2.45, 2.75) is 27.3 Å². The summed E-state index contributed by atoms with van der Waals surface area (Å²) >= 11 is 0. The molecule has 0 atom stereocenters. The van der Waals surface area contributed by atoms with Crippen LogP contribution in [0.15, 0.2) is 42.9 Å². The van der Waals surface area contributed by atoms with E-state index in [0.29, 0.717) is 17.8 Å². The highest BCUT2D eigenvalue weighted by atomic mass is 16.1. The summed E-state index contributed by atoms with van der Waals surface area (Å²) in [5, 5.41) is 11.3. The number of aryl methyl sites for hydroxylation is 3. The van der Waals surface area contributed by atoms with Crippen LogP contribution in [-0.4, -0.2) is 35.3 Å². The van der Waals surface area contributed by atoms with Crippen molar-refractivity contribution >= 4 is 17.5 Å². The third-order valence-corrected chi connectivity index (χ3v) is 4.38. The Hall–Kier alpha value is -3.55. The normalized spacial score (nSPS) is 11.1. The van der Waals surface area contributed by atoms with Gasteiger partial charge in [-0.3, -0.25) is 10.1 Å². The number of nitrogens with one attached hydrogen (secondary N) is 1. The molecule has 4 rings (SSSR count). The fourth-order valence-electron chi connectivity index (χ4n) is 2.99. The fraction of sp³-hybridized carbons (Fsp3) is 0.211. The Balaban J connectivity index is 1.54. The van der Waals surface area contributed by atoms with E-state index in [1.165, 1.54) is 11.8 Å². The van der Waals surface area contributed by atoms with Crippen LogP contribution in [0.1, 0.15) is 32.9 Å². The van der Waals surface area contributed by atoms with Gasteiger partial charge in [0.2, 0.25) is 5.95 Å². The monoisotopic (exact) mass is 361 g/mol. The first-order chi connectivity index (χ1) is 13.0. The molecule has 3 heterocycles. The first-order valence-corrected chi connectivity index (χ1v) is 8.58. The van der Waals surface area contributed by atoms with Crippen LogP contribution in [0.3, 0.4) is 0 Å². The van der Waals surface area contributed by atoms with Crippen molar-refractivity contribution < 1.29 is 4.79 Å². The Bertz CT molecular complexity index is 1140. The Labute approximate surface area is 155 Å². The second-order valence-corrected chi connectivity index (χ2v) is 6.48. The Morgan fingerprint density at radius 1 is 1.19 bits per heavy atom. The fourth-order valence-corrected chi connectivity index (χ4v) is 2.99. The molecule has 8 heteroatoms. The SMILES string of the molecule is Cc1cc(C)n2ncc(C(=O)Nc3ncn(Cc4ccccc4C)n3)c2n1. The number of aromatic nitrogens is 6. The highest BCUT2D eigenvalue weighted by Gasteiger charge is 2.17. The third kappa shape index (κ3) is 3.29. The van der Waals surface area contributed by atoms with Gasteiger partial charge in [0, 0.05) is 11.4 Å². The van der Waals surface area contributed by atoms with E-state index in [1.54, 1.807) is 15.5 Å². The molecule has 0 aliphatic carbocycles. The van der Waals surface area contributed by atoms with Crippen LogP contribution in [-0.2, 0) is 6.54 Å². The predicted molar refractivity (Wildman–Crippen MR) is 101 cm³/mol. The smallest absolute Gasteiger partial charge is 0.263 e. The van der Waals surface area contributed by atoms with Gasteiger partial charge in [0.05, 0.1) is 12.7 Å². The molecule has 0 bridgehead atoms. The number of carbonyl (C=O) groups excluding carboxylic acids is 1. The van der Waals surface area contributed by atoms with E-state index in [4.69, 9.17) is 0 Å². The van der Waals surface area contributed by atoms with Gasteiger partial charge in [0.1, 0.15) is 11.9 Å². The predicted octanol–water partition coefficient (Wildman–Crippen LogP) is 2.55. The summed E-state index contributed by atoms with van der Waals surface area (Å²) in [6.45, 7) is 6.45. The van der Waals surface area contributed by atoms with Crippen LogP contribution >= 0.6 is 0 Å². The quantitative estimate of drug-likeness (QED) is 0.603. The summed E-state index contributed by atoms with van der Waals surface area (Å²) in [6, 6.07) is 10.0. The zero-order valence-corrected chi connectivity index (χ0v) is 15.3. The highest BCUT2D eigenvalue weighted by molar-refractivity contribution is 6.07. The molecule has 1 amide bonds. The van der Waals surface area contributed by atoms with E-state index in [1.807, 2.05) is 38.1 Å². The minimum absolute atomic E-state index is 0.248. The Kier molecular flexibility index (Phi) is 4.15. The summed E-state index contributed by atoms with van der Waals surface area (Å²) in [4.78, 5) is 21.2. The number of amides is 1. The largest absolute Gasteiger partial charge is 0.289 e. The van der Waals surface area contributed by atoms with E-state index in [2.05, 4.69) is 38.5 Å². The van der Waals surface area contributed by atoms with Crippen LogP contribution in [0, 0.1) is 20.8 Å². The molecule has 8 nitrogen and oxygen atoms in total. The number of hydrogen-bond donors (Lipinski definition) is 1. The summed E-state index contributed by atoms with van der Waals surface area (Å²) in [6.07, 6.45) is 3.11. The van der Waals surface area contributed by atoms with Gasteiger partial charge in [0.15, 0.2) is 5.65 Å². The van der Waals surface area contributed by atoms with E-state index in [9.17, 15) is 4.79 Å². The molecule has 0 fully saturated rings. The van der Waals surface area contributed by atoms with Gasteiger partial charge < -0.3 is 0 Å². The molecule has 4 aromatic rings. The number of nitrogens with zero attached hydrogens (tertiary/aromatic N) is 6. The first-order valence-electron chi connectivity index (χ1n) is 8.58. The third-order valence-electron chi connectivity index (χ3n) is 4.38. The van der Waals surface area contributed by atoms with Gasteiger partial charge in [-0.2, -0.15) is 5.10 Å². The van der Waals surface area contributed by atoms with Crippen LogP contribution in [0.4, 0.5) is 5.95 Å². The number of anilines is 1. The average molecular weight is 361 g/mol. The molecule has 1 N–H and O–H groups in total. The molecular formula is C19H19N7O. The van der Waals surface area contributed by atoms with Crippen molar-refractivity contribution in [2.24, 2.45) is 0 Å². The number of fused-ring (bicyclic) bond motifs is 1. The molecule has 0 aliphatic heterocycles. The van der Waals surface area contributed by atoms with Crippen molar-refractivity contribution in [3.8, 4) is 0 Å². The standard InChI is InChI=1S/C19H19N7O/c1-12-6-4-5-7-15(12)10-25-11-20-19(24-25)23-18(27)16-9-21-26-14(3)8-13(2)22-17(16)26/h4-9,11H,10H2,1-3H3,(H,23,24,27). The minimum Gasteiger partial charge on any atom is -0.289 e. The Morgan fingerprint density at radius 2 is 2.00 bits per heavy atom. The van der Waals surface area contributed by atoms with E-state index < -0.39 is 0 Å². The van der Waals surface area contributed by atoms with Gasteiger partial charge in [0.25, 0.3) is 5.91 Å². The molecule has 0 unspecified atom stereocenters. The van der Waals surface area contributed by atoms with Crippen LogP contribution in [0.25, 0.3) is 5.65 Å². The summed E-state index contributed by atoms with van der Waals surface area (Å²) in [7, 11) is 0. The van der Waals surface area contributed by atoms with Gasteiger partial charge >= 0.3 is 0 Å². The Morgan fingerprint density at radius 3 is 2.81 bits per heavy atom. The molecule has 0 radical (unpaired) electrons. The average Bonchev–Trinajstić information content (AvgIpc) is 3.24. The second kappa shape index (κ2) is 6.64. The van der Waals surface area contributed by atoms with Crippen molar-refractivity contribution in [2.75, 3.05) is 5.32 Å². The lowest BCUT2D eigenvalue weighted by molar-refractivity contribution is 0.102. The first kappa shape index (κ1) is 16.9. The molecule has 0 spiro atoms. The zero-order valence-electron chi connectivity index (χ0n) is 15.3. The number of benzene rings is 1. The molecule has 0 aliphatic rings. The number of hydrogen-bond acceptors (Lipinski definition) is 5. The van der Waals surface area contributed by atoms with Gasteiger partial charge in [-0.15, -0.1) is 5.10 Å². The molecule has 27 heavy (non-hydrogen) atoms. The van der Waals surface area contributed by atoms with Crippen molar-refractivity contribution in [3.63, 3.8) is 0 Å². The molecule has 0 saturated carbocycles. The number of carbonyl (C=O) groups is 1. The maximum atomic E-state index is 12.6. The maximum absolute atomic E-state index is 12.6. The minimum atomic E-state index is -0.337. The van der Waals surface area contributed by atoms with E-state index in [-0.39, 0.29) is 11.9 Å². The van der Waals surface area contributed by atoms with Crippen molar-refractivity contribution in [1.29, 1.82) is 0 Å². The van der Waals surface area contributed by atoms with Crippen LogP contribution in [0.5, 0.6) is 0 Å². The number of rotatable bonds is 4. The second-order valence-electron chi connectivity index (χ2n) is 6.48. The topological polar surface area (TPSA) is 90.0 Å².